The Morgan fingerprint density at radius 1 is 0.933 bits per heavy atom. The molecule has 3 aromatic carbocycles. The number of piperidine rings is 1. The number of amides is 4. The molecule has 0 bridgehead atoms. The largest absolute Gasteiger partial charge is 0.496 e. The molecule has 312 valence electrons. The molecule has 6 heterocycles. The third kappa shape index (κ3) is 7.23. The number of sulfonamides is 1. The summed E-state index contributed by atoms with van der Waals surface area (Å²) in [6, 6.07) is 16.6. The number of methoxy groups -OCH3 is 1. The third-order valence-corrected chi connectivity index (χ3v) is 13.4. The van der Waals surface area contributed by atoms with Gasteiger partial charge in [-0.2, -0.15) is 5.10 Å². The third-order valence-electron chi connectivity index (χ3n) is 12.1. The second-order valence-corrected chi connectivity index (χ2v) is 18.1. The maximum Gasteiger partial charge on any atom is 0.263 e. The summed E-state index contributed by atoms with van der Waals surface area (Å²) >= 11 is 0. The molecular formula is C42H45N9O8S. The number of fused-ring (bicyclic) bond motifs is 2. The molecule has 2 atom stereocenters. The summed E-state index contributed by atoms with van der Waals surface area (Å²) in [7, 11) is -2.55. The first kappa shape index (κ1) is 39.2. The summed E-state index contributed by atoms with van der Waals surface area (Å²) in [5.41, 5.74) is 3.19. The molecule has 4 aliphatic heterocycles. The summed E-state index contributed by atoms with van der Waals surface area (Å²) in [6.07, 6.45) is 4.67. The van der Waals surface area contributed by atoms with Gasteiger partial charge in [0.2, 0.25) is 11.8 Å². The number of nitrogens with zero attached hydrogens (tertiary/aromatic N) is 7. The first-order valence-corrected chi connectivity index (χ1v) is 21.4. The quantitative estimate of drug-likeness (QED) is 0.183. The van der Waals surface area contributed by atoms with Crippen LogP contribution < -0.4 is 24.6 Å². The van der Waals surface area contributed by atoms with Crippen LogP contribution in [0.4, 0.5) is 17.2 Å². The van der Waals surface area contributed by atoms with Gasteiger partial charge in [0.1, 0.15) is 17.2 Å². The lowest BCUT2D eigenvalue weighted by Gasteiger charge is -2.49. The van der Waals surface area contributed by atoms with Crippen molar-refractivity contribution in [1.29, 1.82) is 0 Å². The molecule has 4 amide bonds. The van der Waals surface area contributed by atoms with Crippen molar-refractivity contribution in [2.45, 2.75) is 56.1 Å². The van der Waals surface area contributed by atoms with Gasteiger partial charge in [0.15, 0.2) is 11.4 Å². The van der Waals surface area contributed by atoms with Gasteiger partial charge in [-0.25, -0.2) is 8.42 Å². The zero-order valence-corrected chi connectivity index (χ0v) is 34.3. The second kappa shape index (κ2) is 15.1. The van der Waals surface area contributed by atoms with Gasteiger partial charge < -0.3 is 19.1 Å². The maximum absolute atomic E-state index is 13.8. The van der Waals surface area contributed by atoms with Crippen LogP contribution in [0.3, 0.4) is 0 Å². The zero-order chi connectivity index (χ0) is 41.9. The van der Waals surface area contributed by atoms with E-state index in [4.69, 9.17) is 9.26 Å². The van der Waals surface area contributed by atoms with Crippen LogP contribution in [-0.2, 0) is 26.2 Å². The number of carbonyl (C=O) groups excluding carboxylic acids is 4. The summed E-state index contributed by atoms with van der Waals surface area (Å²) < 4.78 is 43.2. The Kier molecular flexibility index (Phi) is 9.85. The Hall–Kier alpha value is -6.27. The van der Waals surface area contributed by atoms with Crippen LogP contribution in [0.5, 0.6) is 5.75 Å². The van der Waals surface area contributed by atoms with Gasteiger partial charge in [-0.1, -0.05) is 11.2 Å². The predicted octanol–water partition coefficient (Wildman–Crippen LogP) is 3.71. The molecule has 0 radical (unpaired) electrons. The zero-order valence-electron chi connectivity index (χ0n) is 33.5. The van der Waals surface area contributed by atoms with E-state index in [0.29, 0.717) is 42.3 Å². The van der Waals surface area contributed by atoms with E-state index in [9.17, 15) is 27.6 Å². The predicted molar refractivity (Wildman–Crippen MR) is 220 cm³/mol. The van der Waals surface area contributed by atoms with E-state index < -0.39 is 39.7 Å². The monoisotopic (exact) mass is 835 g/mol. The molecule has 3 fully saturated rings. The molecule has 2 aromatic heterocycles. The average molecular weight is 836 g/mol. The van der Waals surface area contributed by atoms with E-state index in [-0.39, 0.29) is 40.2 Å². The molecule has 60 heavy (non-hydrogen) atoms. The number of anilines is 3. The van der Waals surface area contributed by atoms with Gasteiger partial charge in [-0.15, -0.1) is 0 Å². The number of hydrogen-bond acceptors (Lipinski definition) is 13. The Balaban J connectivity index is 0.833. The highest BCUT2D eigenvalue weighted by Crippen LogP contribution is 2.37. The number of ether oxygens (including phenoxy) is 1. The summed E-state index contributed by atoms with van der Waals surface area (Å²) in [6.45, 7) is 9.47. The lowest BCUT2D eigenvalue weighted by molar-refractivity contribution is -0.136. The molecule has 18 heteroatoms. The van der Waals surface area contributed by atoms with Gasteiger partial charge >= 0.3 is 0 Å². The van der Waals surface area contributed by atoms with Crippen molar-refractivity contribution >= 4 is 61.8 Å². The maximum atomic E-state index is 13.8. The molecule has 4 aliphatic rings. The fourth-order valence-corrected chi connectivity index (χ4v) is 10.0. The van der Waals surface area contributed by atoms with E-state index >= 15 is 0 Å². The van der Waals surface area contributed by atoms with Crippen molar-refractivity contribution in [3.63, 3.8) is 0 Å². The topological polar surface area (TPSA) is 193 Å². The first-order valence-electron chi connectivity index (χ1n) is 20.0. The minimum Gasteiger partial charge on any atom is -0.496 e. The molecule has 0 saturated carbocycles. The van der Waals surface area contributed by atoms with Crippen LogP contribution in [0.25, 0.3) is 11.0 Å². The van der Waals surface area contributed by atoms with Gasteiger partial charge in [-0.05, 0) is 92.8 Å². The van der Waals surface area contributed by atoms with Crippen LogP contribution in [0.1, 0.15) is 59.4 Å². The molecular weight excluding hydrogens is 791 g/mol. The first-order chi connectivity index (χ1) is 28.8. The molecule has 9 rings (SSSR count). The Labute approximate surface area is 346 Å². The van der Waals surface area contributed by atoms with E-state index in [1.165, 1.54) is 7.11 Å². The highest BCUT2D eigenvalue weighted by atomic mass is 32.2. The number of carbonyl (C=O) groups is 4. The molecule has 2 unspecified atom stereocenters. The van der Waals surface area contributed by atoms with Crippen molar-refractivity contribution in [3.8, 4) is 5.75 Å². The van der Waals surface area contributed by atoms with E-state index in [2.05, 4.69) is 48.8 Å². The van der Waals surface area contributed by atoms with Crippen molar-refractivity contribution in [1.82, 2.24) is 30.1 Å². The van der Waals surface area contributed by atoms with Crippen LogP contribution >= 0.6 is 0 Å². The highest BCUT2D eigenvalue weighted by molar-refractivity contribution is 7.92. The Bertz CT molecular complexity index is 2640. The molecule has 0 spiro atoms. The lowest BCUT2D eigenvalue weighted by atomic mass is 9.95. The van der Waals surface area contributed by atoms with Gasteiger partial charge in [0, 0.05) is 75.0 Å². The smallest absolute Gasteiger partial charge is 0.263 e. The second-order valence-electron chi connectivity index (χ2n) is 16.5. The SMILES string of the molecule is COc1cc(Cn2cccn2)cc2onc(NS(=O)(=O)c3cccc(N4CCN(CC5CCN(c6ccc7c(c6)C(=O)N(C6CCC(=O)NC6=O)C7=O)C5)C(C)(C)C4)c3)c12. The molecule has 2 N–H and O–H groups in total. The number of benzene rings is 3. The normalized spacial score (nSPS) is 20.9. The molecule has 5 aromatic rings. The lowest BCUT2D eigenvalue weighted by Crippen LogP contribution is -2.60. The van der Waals surface area contributed by atoms with Gasteiger partial charge in [-0.3, -0.25) is 43.7 Å². The number of nitrogens with one attached hydrogen (secondary N) is 2. The summed E-state index contributed by atoms with van der Waals surface area (Å²) in [5, 5.41) is 11.0. The number of aromatic nitrogens is 3. The van der Waals surface area contributed by atoms with Crippen molar-refractivity contribution in [2.24, 2.45) is 5.92 Å². The van der Waals surface area contributed by atoms with Crippen LogP contribution in [-0.4, -0.2) is 115 Å². The average Bonchev–Trinajstić information content (AvgIpc) is 4.04. The Morgan fingerprint density at radius 3 is 2.52 bits per heavy atom. The van der Waals surface area contributed by atoms with Crippen LogP contribution in [0.2, 0.25) is 0 Å². The highest BCUT2D eigenvalue weighted by Gasteiger charge is 2.45. The number of piperazine rings is 1. The molecule has 3 saturated heterocycles. The van der Waals surface area contributed by atoms with E-state index in [1.54, 1.807) is 47.3 Å². The van der Waals surface area contributed by atoms with Crippen molar-refractivity contribution < 1.29 is 36.9 Å². The fraction of sp³-hybridized carbons (Fsp3) is 0.381. The summed E-state index contributed by atoms with van der Waals surface area (Å²) in [4.78, 5) is 58.9. The van der Waals surface area contributed by atoms with Gasteiger partial charge in [0.05, 0.1) is 29.7 Å². The van der Waals surface area contributed by atoms with Crippen LogP contribution in [0.15, 0.2) is 82.5 Å². The number of imide groups is 2. The van der Waals surface area contributed by atoms with Crippen molar-refractivity contribution in [3.05, 3.63) is 89.7 Å². The number of rotatable bonds is 11. The minimum atomic E-state index is -4.07. The minimum absolute atomic E-state index is 0.0364. The Morgan fingerprint density at radius 2 is 1.75 bits per heavy atom. The molecule has 0 aliphatic carbocycles. The molecule has 17 nitrogen and oxygen atoms in total. The van der Waals surface area contributed by atoms with E-state index in [1.807, 2.05) is 30.5 Å². The van der Waals surface area contributed by atoms with Gasteiger partial charge in [0.25, 0.3) is 21.8 Å². The van der Waals surface area contributed by atoms with E-state index in [0.717, 1.165) is 54.4 Å². The van der Waals surface area contributed by atoms with Crippen molar-refractivity contribution in [2.75, 3.05) is 60.9 Å². The summed E-state index contributed by atoms with van der Waals surface area (Å²) in [5.74, 6) is -1.25. The number of hydrogen-bond donors (Lipinski definition) is 2. The standard InChI is InChI=1S/C42H45N9O8S/c1-42(2)25-48(28-6-4-7-30(20-28)60(56,57)46-38-37-34(58-3)18-27(19-35(37)59-45-38)24-50-14-5-13-43-50)16-17-49(42)23-26-12-15-47(22-26)29-8-9-31-32(21-29)41(55)51(40(31)54)33-10-11-36(52)44-39(33)53/h4-9,13-14,18-21,26,33H,10-12,15-17,22-25H2,1-3H3,(H,45,46)(H,44,52,53). The fourth-order valence-electron chi connectivity index (χ4n) is 8.96. The van der Waals surface area contributed by atoms with Crippen LogP contribution in [0, 0.1) is 5.92 Å².